The Bertz CT molecular complexity index is 936. The number of aromatic nitrogens is 2. The van der Waals surface area contributed by atoms with E-state index in [4.69, 9.17) is 4.74 Å². The van der Waals surface area contributed by atoms with Gasteiger partial charge in [0.05, 0.1) is 35.5 Å². The number of amides is 2. The first-order chi connectivity index (χ1) is 14.5. The van der Waals surface area contributed by atoms with Gasteiger partial charge in [-0.3, -0.25) is 9.59 Å². The van der Waals surface area contributed by atoms with Crippen molar-refractivity contribution < 1.29 is 14.3 Å². The summed E-state index contributed by atoms with van der Waals surface area (Å²) >= 11 is 1.44. The van der Waals surface area contributed by atoms with E-state index in [-0.39, 0.29) is 23.7 Å². The molecule has 160 valence electrons. The number of imidazole rings is 1. The topological polar surface area (TPSA) is 76.5 Å². The highest BCUT2D eigenvalue weighted by molar-refractivity contribution is 7.99. The van der Waals surface area contributed by atoms with Gasteiger partial charge in [-0.25, -0.2) is 4.98 Å². The fourth-order valence-electron chi connectivity index (χ4n) is 3.97. The normalized spacial score (nSPS) is 18.9. The van der Waals surface area contributed by atoms with E-state index in [9.17, 15) is 9.59 Å². The van der Waals surface area contributed by atoms with Gasteiger partial charge in [-0.05, 0) is 45.2 Å². The molecule has 0 radical (unpaired) electrons. The third kappa shape index (κ3) is 4.54. The predicted octanol–water partition coefficient (Wildman–Crippen LogP) is 3.54. The molecular formula is C22H28N4O3S. The number of thioether (sulfide) groups is 1. The smallest absolute Gasteiger partial charge is 0.234 e. The second-order valence-electron chi connectivity index (χ2n) is 7.81. The van der Waals surface area contributed by atoms with Gasteiger partial charge in [-0.1, -0.05) is 23.9 Å². The summed E-state index contributed by atoms with van der Waals surface area (Å²) in [5, 5.41) is 3.82. The molecule has 1 N–H and O–H groups in total. The minimum Gasteiger partial charge on any atom is -0.376 e. The van der Waals surface area contributed by atoms with Gasteiger partial charge in [0.2, 0.25) is 11.8 Å². The van der Waals surface area contributed by atoms with Crippen LogP contribution < -0.4 is 10.2 Å². The van der Waals surface area contributed by atoms with Crippen LogP contribution in [0.4, 0.5) is 11.4 Å². The van der Waals surface area contributed by atoms with Crippen LogP contribution in [0.1, 0.15) is 37.1 Å². The monoisotopic (exact) mass is 428 g/mol. The van der Waals surface area contributed by atoms with E-state index in [1.54, 1.807) is 4.90 Å². The van der Waals surface area contributed by atoms with Crippen molar-refractivity contribution in [3.63, 3.8) is 0 Å². The van der Waals surface area contributed by atoms with E-state index in [0.29, 0.717) is 18.7 Å². The number of ether oxygens (including phenoxy) is 1. The highest BCUT2D eigenvalue weighted by atomic mass is 32.2. The molecule has 2 aliphatic heterocycles. The van der Waals surface area contributed by atoms with Gasteiger partial charge < -0.3 is 19.5 Å². The van der Waals surface area contributed by atoms with Crippen LogP contribution in [0.25, 0.3) is 0 Å². The highest BCUT2D eigenvalue weighted by Crippen LogP contribution is 2.30. The minimum atomic E-state index is -0.110. The number of aryl methyl sites for hydroxylation is 1. The molecule has 0 bridgehead atoms. The second-order valence-corrected chi connectivity index (χ2v) is 8.76. The summed E-state index contributed by atoms with van der Waals surface area (Å²) in [7, 11) is 0. The minimum absolute atomic E-state index is 0.105. The summed E-state index contributed by atoms with van der Waals surface area (Å²) < 4.78 is 7.95. The summed E-state index contributed by atoms with van der Waals surface area (Å²) in [6, 6.07) is 7.48. The predicted molar refractivity (Wildman–Crippen MR) is 118 cm³/mol. The summed E-state index contributed by atoms with van der Waals surface area (Å²) in [5.74, 6) is 0.248. The van der Waals surface area contributed by atoms with E-state index in [0.717, 1.165) is 54.6 Å². The maximum atomic E-state index is 12.7. The van der Waals surface area contributed by atoms with Crippen LogP contribution in [-0.4, -0.2) is 46.4 Å². The van der Waals surface area contributed by atoms with Gasteiger partial charge in [0.1, 0.15) is 0 Å². The standard InChI is InChI=1S/C22H28N4O3S/c1-15-16(2)26(13-17-7-6-12-29-17)22(23-15)30-14-20(27)24-18-8-3-4-9-19(18)25-11-5-10-21(25)28/h3-4,8-9,17H,5-7,10-14H2,1-2H3,(H,24,27)/t17-/m1/s1. The molecule has 2 aromatic rings. The molecule has 1 atom stereocenters. The molecule has 1 aromatic carbocycles. The number of nitrogens with one attached hydrogen (secondary N) is 1. The number of nitrogens with zero attached hydrogens (tertiary/aromatic N) is 3. The summed E-state index contributed by atoms with van der Waals surface area (Å²) in [6.45, 7) is 6.34. The molecule has 1 aromatic heterocycles. The summed E-state index contributed by atoms with van der Waals surface area (Å²) in [5.41, 5.74) is 3.54. The first-order valence-electron chi connectivity index (χ1n) is 10.5. The van der Waals surface area contributed by atoms with Gasteiger partial charge >= 0.3 is 0 Å². The molecule has 0 aliphatic carbocycles. The largest absolute Gasteiger partial charge is 0.376 e. The highest BCUT2D eigenvalue weighted by Gasteiger charge is 2.24. The van der Waals surface area contributed by atoms with Crippen molar-refractivity contribution in [1.29, 1.82) is 0 Å². The molecule has 2 aliphatic rings. The molecule has 0 spiro atoms. The van der Waals surface area contributed by atoms with Gasteiger partial charge in [0, 0.05) is 25.3 Å². The van der Waals surface area contributed by atoms with Gasteiger partial charge in [-0.15, -0.1) is 0 Å². The first-order valence-corrected chi connectivity index (χ1v) is 11.5. The molecule has 3 heterocycles. The maximum absolute atomic E-state index is 12.7. The van der Waals surface area contributed by atoms with Crippen molar-refractivity contribution in [2.75, 3.05) is 29.1 Å². The lowest BCUT2D eigenvalue weighted by Gasteiger charge is -2.20. The quantitative estimate of drug-likeness (QED) is 0.683. The lowest BCUT2D eigenvalue weighted by molar-refractivity contribution is -0.117. The van der Waals surface area contributed by atoms with Gasteiger partial charge in [0.25, 0.3) is 0 Å². The Kier molecular flexibility index (Phi) is 6.43. The van der Waals surface area contributed by atoms with Crippen molar-refractivity contribution >= 4 is 35.0 Å². The Hall–Kier alpha value is -2.32. The van der Waals surface area contributed by atoms with Crippen LogP contribution in [0.15, 0.2) is 29.4 Å². The summed E-state index contributed by atoms with van der Waals surface area (Å²) in [4.78, 5) is 31.2. The molecule has 0 saturated carbocycles. The molecule has 2 fully saturated rings. The third-order valence-corrected chi connectivity index (χ3v) is 6.68. The Labute approximate surface area is 181 Å². The second kappa shape index (κ2) is 9.22. The van der Waals surface area contributed by atoms with Crippen molar-refractivity contribution in [3.05, 3.63) is 35.7 Å². The van der Waals surface area contributed by atoms with E-state index in [1.807, 2.05) is 31.2 Å². The molecule has 0 unspecified atom stereocenters. The Morgan fingerprint density at radius 3 is 2.87 bits per heavy atom. The number of anilines is 2. The van der Waals surface area contributed by atoms with Crippen LogP contribution >= 0.6 is 11.8 Å². The zero-order chi connectivity index (χ0) is 21.1. The molecule has 2 saturated heterocycles. The van der Waals surface area contributed by atoms with Gasteiger partial charge in [-0.2, -0.15) is 0 Å². The van der Waals surface area contributed by atoms with E-state index >= 15 is 0 Å². The Balaban J connectivity index is 1.41. The number of carbonyl (C=O) groups is 2. The Morgan fingerprint density at radius 1 is 1.30 bits per heavy atom. The average molecular weight is 429 g/mol. The molecular weight excluding hydrogens is 400 g/mol. The number of para-hydroxylation sites is 2. The third-order valence-electron chi connectivity index (χ3n) is 5.71. The van der Waals surface area contributed by atoms with Crippen molar-refractivity contribution in [1.82, 2.24) is 9.55 Å². The molecule has 2 amide bonds. The first kappa shape index (κ1) is 20.9. The van der Waals surface area contributed by atoms with Crippen LogP contribution in [0, 0.1) is 13.8 Å². The van der Waals surface area contributed by atoms with E-state index in [1.165, 1.54) is 11.8 Å². The fourth-order valence-corrected chi connectivity index (χ4v) is 4.88. The number of carbonyl (C=O) groups excluding carboxylic acids is 2. The number of rotatable bonds is 7. The Morgan fingerprint density at radius 2 is 2.13 bits per heavy atom. The van der Waals surface area contributed by atoms with E-state index < -0.39 is 0 Å². The van der Waals surface area contributed by atoms with Crippen LogP contribution in [0.2, 0.25) is 0 Å². The van der Waals surface area contributed by atoms with Gasteiger partial charge in [0.15, 0.2) is 5.16 Å². The number of benzene rings is 1. The number of hydrogen-bond donors (Lipinski definition) is 1. The van der Waals surface area contributed by atoms with Crippen LogP contribution in [-0.2, 0) is 20.9 Å². The van der Waals surface area contributed by atoms with Crippen LogP contribution in [0.3, 0.4) is 0 Å². The molecule has 30 heavy (non-hydrogen) atoms. The SMILES string of the molecule is Cc1nc(SCC(=O)Nc2ccccc2N2CCCC2=O)n(C[C@H]2CCCO2)c1C. The lowest BCUT2D eigenvalue weighted by atomic mass is 10.2. The fraction of sp³-hybridized carbons (Fsp3) is 0.500. The molecule has 4 rings (SSSR count). The van der Waals surface area contributed by atoms with Crippen molar-refractivity contribution in [3.8, 4) is 0 Å². The maximum Gasteiger partial charge on any atom is 0.234 e. The zero-order valence-electron chi connectivity index (χ0n) is 17.5. The lowest BCUT2D eigenvalue weighted by Crippen LogP contribution is -2.26. The van der Waals surface area contributed by atoms with Crippen molar-refractivity contribution in [2.24, 2.45) is 0 Å². The van der Waals surface area contributed by atoms with E-state index in [2.05, 4.69) is 21.8 Å². The average Bonchev–Trinajstić information content (AvgIpc) is 3.45. The zero-order valence-corrected chi connectivity index (χ0v) is 18.3. The van der Waals surface area contributed by atoms with Crippen molar-refractivity contribution in [2.45, 2.75) is 57.3 Å². The van der Waals surface area contributed by atoms with Crippen LogP contribution in [0.5, 0.6) is 0 Å². The molecule has 7 nitrogen and oxygen atoms in total. The molecule has 8 heteroatoms. The summed E-state index contributed by atoms with van der Waals surface area (Å²) in [6.07, 6.45) is 3.79. The number of hydrogen-bond acceptors (Lipinski definition) is 5.